The molecule has 128 valence electrons. The van der Waals surface area contributed by atoms with Gasteiger partial charge in [0.1, 0.15) is 5.82 Å². The van der Waals surface area contributed by atoms with E-state index in [-0.39, 0.29) is 6.03 Å². The predicted molar refractivity (Wildman–Crippen MR) is 96.3 cm³/mol. The van der Waals surface area contributed by atoms with Crippen LogP contribution in [0.25, 0.3) is 0 Å². The molecule has 0 radical (unpaired) electrons. The van der Waals surface area contributed by atoms with Gasteiger partial charge in [-0.15, -0.1) is 0 Å². The number of carbonyl (C=O) groups is 1. The minimum atomic E-state index is -0.0781. The summed E-state index contributed by atoms with van der Waals surface area (Å²) in [4.78, 5) is 25.1. The highest BCUT2D eigenvalue weighted by atomic mass is 32.1. The zero-order valence-corrected chi connectivity index (χ0v) is 14.9. The van der Waals surface area contributed by atoms with E-state index in [0.717, 1.165) is 38.4 Å². The number of rotatable bonds is 4. The van der Waals surface area contributed by atoms with Crippen LogP contribution in [-0.4, -0.2) is 52.0 Å². The van der Waals surface area contributed by atoms with E-state index in [1.807, 2.05) is 11.8 Å². The third-order valence-electron chi connectivity index (χ3n) is 4.45. The molecule has 7 heteroatoms. The molecule has 0 spiro atoms. The lowest BCUT2D eigenvalue weighted by molar-refractivity contribution is 0.119. The van der Waals surface area contributed by atoms with Gasteiger partial charge < -0.3 is 10.2 Å². The van der Waals surface area contributed by atoms with Crippen LogP contribution in [-0.2, 0) is 6.42 Å². The van der Waals surface area contributed by atoms with Gasteiger partial charge in [0.05, 0.1) is 18.1 Å². The number of amides is 2. The molecule has 1 aliphatic heterocycles. The summed E-state index contributed by atoms with van der Waals surface area (Å²) < 4.78 is 0. The van der Waals surface area contributed by atoms with Crippen LogP contribution in [0.2, 0.25) is 0 Å². The minimum Gasteiger partial charge on any atom is -0.322 e. The molecule has 0 aromatic carbocycles. The topological polar surface area (TPSA) is 61.4 Å². The largest absolute Gasteiger partial charge is 0.322 e. The number of hydrogen-bond donors (Lipinski definition) is 1. The number of piperazine rings is 1. The maximum atomic E-state index is 12.4. The van der Waals surface area contributed by atoms with Gasteiger partial charge in [-0.1, -0.05) is 6.92 Å². The Morgan fingerprint density at radius 2 is 2.00 bits per heavy atom. The van der Waals surface area contributed by atoms with Crippen molar-refractivity contribution in [3.05, 3.63) is 40.6 Å². The van der Waals surface area contributed by atoms with Crippen molar-refractivity contribution >= 4 is 23.1 Å². The average molecular weight is 345 g/mol. The van der Waals surface area contributed by atoms with E-state index in [4.69, 9.17) is 0 Å². The van der Waals surface area contributed by atoms with Crippen molar-refractivity contribution < 1.29 is 4.79 Å². The summed E-state index contributed by atoms with van der Waals surface area (Å²) in [5.74, 6) is 0.782. The number of anilines is 1. The van der Waals surface area contributed by atoms with Crippen LogP contribution in [0.5, 0.6) is 0 Å². The standard InChI is InChI=1S/C17H23N5OS/c1-3-16-18-10-15(11-19-16)20-17(23)22-7-5-21(6-8-22)13(2)14-4-9-24-12-14/h4,9-13H,3,5-8H2,1-2H3,(H,20,23)/t13-/m1/s1. The molecular formula is C17H23N5OS. The first-order valence-electron chi connectivity index (χ1n) is 8.30. The molecule has 1 atom stereocenters. The molecule has 2 aromatic heterocycles. The fraction of sp³-hybridized carbons (Fsp3) is 0.471. The van der Waals surface area contributed by atoms with E-state index in [1.54, 1.807) is 23.7 Å². The van der Waals surface area contributed by atoms with E-state index >= 15 is 0 Å². The molecule has 0 unspecified atom stereocenters. The molecule has 1 N–H and O–H groups in total. The third-order valence-corrected chi connectivity index (χ3v) is 5.15. The van der Waals surface area contributed by atoms with Crippen molar-refractivity contribution in [2.75, 3.05) is 31.5 Å². The van der Waals surface area contributed by atoms with Crippen LogP contribution in [0.4, 0.5) is 10.5 Å². The Balaban J connectivity index is 1.51. The van der Waals surface area contributed by atoms with Gasteiger partial charge in [0, 0.05) is 38.6 Å². The number of carbonyl (C=O) groups excluding carboxylic acids is 1. The lowest BCUT2D eigenvalue weighted by Gasteiger charge is -2.37. The molecule has 6 nitrogen and oxygen atoms in total. The maximum Gasteiger partial charge on any atom is 0.322 e. The summed E-state index contributed by atoms with van der Waals surface area (Å²) >= 11 is 1.73. The molecule has 0 bridgehead atoms. The first-order valence-corrected chi connectivity index (χ1v) is 9.24. The first kappa shape index (κ1) is 16.9. The lowest BCUT2D eigenvalue weighted by Crippen LogP contribution is -2.50. The summed E-state index contributed by atoms with van der Waals surface area (Å²) in [6, 6.07) is 2.50. The monoisotopic (exact) mass is 345 g/mol. The smallest absolute Gasteiger partial charge is 0.322 e. The van der Waals surface area contributed by atoms with Gasteiger partial charge in [0.15, 0.2) is 0 Å². The molecule has 24 heavy (non-hydrogen) atoms. The van der Waals surface area contributed by atoms with E-state index in [0.29, 0.717) is 11.7 Å². The molecule has 1 saturated heterocycles. The van der Waals surface area contributed by atoms with Crippen molar-refractivity contribution in [2.24, 2.45) is 0 Å². The van der Waals surface area contributed by atoms with E-state index in [9.17, 15) is 4.79 Å². The average Bonchev–Trinajstić information content (AvgIpc) is 3.16. The Morgan fingerprint density at radius 1 is 1.29 bits per heavy atom. The molecule has 1 aliphatic rings. The van der Waals surface area contributed by atoms with Crippen LogP contribution in [0.3, 0.4) is 0 Å². The lowest BCUT2D eigenvalue weighted by atomic mass is 10.1. The molecule has 3 rings (SSSR count). The second-order valence-corrected chi connectivity index (χ2v) is 6.71. The Kier molecular flexibility index (Phi) is 5.42. The molecule has 0 saturated carbocycles. The summed E-state index contributed by atoms with van der Waals surface area (Å²) in [6.07, 6.45) is 4.12. The van der Waals surface area contributed by atoms with Gasteiger partial charge >= 0.3 is 6.03 Å². The SMILES string of the molecule is CCc1ncc(NC(=O)N2CCN([C@H](C)c3ccsc3)CC2)cn1. The normalized spacial score (nSPS) is 16.8. The highest BCUT2D eigenvalue weighted by Crippen LogP contribution is 2.23. The highest BCUT2D eigenvalue weighted by Gasteiger charge is 2.25. The molecule has 0 aliphatic carbocycles. The van der Waals surface area contributed by atoms with Gasteiger partial charge in [0.2, 0.25) is 0 Å². The number of nitrogens with one attached hydrogen (secondary N) is 1. The highest BCUT2D eigenvalue weighted by molar-refractivity contribution is 7.07. The van der Waals surface area contributed by atoms with Gasteiger partial charge in [-0.25, -0.2) is 14.8 Å². The van der Waals surface area contributed by atoms with Crippen LogP contribution < -0.4 is 5.32 Å². The van der Waals surface area contributed by atoms with Crippen LogP contribution in [0, 0.1) is 0 Å². The second-order valence-electron chi connectivity index (χ2n) is 5.93. The van der Waals surface area contributed by atoms with Gasteiger partial charge in [-0.2, -0.15) is 11.3 Å². The van der Waals surface area contributed by atoms with Crippen molar-refractivity contribution in [1.29, 1.82) is 0 Å². The van der Waals surface area contributed by atoms with Crippen molar-refractivity contribution in [2.45, 2.75) is 26.3 Å². The Labute approximate surface area is 146 Å². The quantitative estimate of drug-likeness (QED) is 0.925. The zero-order valence-electron chi connectivity index (χ0n) is 14.1. The Morgan fingerprint density at radius 3 is 2.58 bits per heavy atom. The molecule has 2 aromatic rings. The summed E-state index contributed by atoms with van der Waals surface area (Å²) in [6.45, 7) is 7.46. The summed E-state index contributed by atoms with van der Waals surface area (Å²) in [5.41, 5.74) is 2.00. The number of thiophene rings is 1. The van der Waals surface area contributed by atoms with E-state index in [1.165, 1.54) is 5.56 Å². The number of hydrogen-bond acceptors (Lipinski definition) is 5. The van der Waals surface area contributed by atoms with Gasteiger partial charge in [-0.05, 0) is 29.3 Å². The number of aromatic nitrogens is 2. The van der Waals surface area contributed by atoms with E-state index in [2.05, 4.69) is 43.9 Å². The summed E-state index contributed by atoms with van der Waals surface area (Å²) in [5, 5.41) is 7.19. The van der Waals surface area contributed by atoms with Crippen LogP contribution >= 0.6 is 11.3 Å². The minimum absolute atomic E-state index is 0.0781. The molecule has 1 fully saturated rings. The number of nitrogens with zero attached hydrogens (tertiary/aromatic N) is 4. The predicted octanol–water partition coefficient (Wildman–Crippen LogP) is 3.01. The van der Waals surface area contributed by atoms with Crippen molar-refractivity contribution in [1.82, 2.24) is 19.8 Å². The zero-order chi connectivity index (χ0) is 16.9. The fourth-order valence-electron chi connectivity index (χ4n) is 2.84. The number of aryl methyl sites for hydroxylation is 1. The van der Waals surface area contributed by atoms with Crippen molar-refractivity contribution in [3.63, 3.8) is 0 Å². The first-order chi connectivity index (χ1) is 11.7. The van der Waals surface area contributed by atoms with Gasteiger partial charge in [-0.3, -0.25) is 4.90 Å². The third kappa shape index (κ3) is 3.91. The Bertz CT molecular complexity index is 650. The van der Waals surface area contributed by atoms with Crippen LogP contribution in [0.15, 0.2) is 29.2 Å². The maximum absolute atomic E-state index is 12.4. The molecule has 3 heterocycles. The number of urea groups is 1. The van der Waals surface area contributed by atoms with Crippen molar-refractivity contribution in [3.8, 4) is 0 Å². The molecular weight excluding hydrogens is 322 g/mol. The second kappa shape index (κ2) is 7.72. The van der Waals surface area contributed by atoms with Crippen LogP contribution in [0.1, 0.15) is 31.3 Å². The van der Waals surface area contributed by atoms with Gasteiger partial charge in [0.25, 0.3) is 0 Å². The summed E-state index contributed by atoms with van der Waals surface area (Å²) in [7, 11) is 0. The Hall–Kier alpha value is -1.99. The fourth-order valence-corrected chi connectivity index (χ4v) is 3.59. The molecule has 2 amide bonds. The van der Waals surface area contributed by atoms with E-state index < -0.39 is 0 Å².